The Morgan fingerprint density at radius 3 is 1.18 bits per heavy atom. The van der Waals surface area contributed by atoms with E-state index in [4.69, 9.17) is 28.4 Å². The minimum absolute atomic E-state index is 0.0149. The van der Waals surface area contributed by atoms with Gasteiger partial charge in [0.1, 0.15) is 54.9 Å². The Balaban J connectivity index is 1.81. The summed E-state index contributed by atoms with van der Waals surface area (Å²) in [5.74, 6) is -0.461. The van der Waals surface area contributed by atoms with Gasteiger partial charge in [-0.1, -0.05) is 172 Å². The van der Waals surface area contributed by atoms with Crippen molar-refractivity contribution in [2.45, 2.75) is 197 Å². The third kappa shape index (κ3) is 34.3. The molecule has 2 fully saturated rings. The summed E-state index contributed by atoms with van der Waals surface area (Å²) in [5, 5.41) is 72.3. The summed E-state index contributed by atoms with van der Waals surface area (Å²) in [6.45, 7) is 3.18. The van der Waals surface area contributed by atoms with Crippen LogP contribution < -0.4 is 0 Å². The van der Waals surface area contributed by atoms with Crippen LogP contribution in [0.3, 0.4) is 0 Å². The van der Waals surface area contributed by atoms with Gasteiger partial charge in [0, 0.05) is 13.0 Å². The molecule has 2 aliphatic heterocycles. The molecule has 11 unspecified atom stereocenters. The Morgan fingerprint density at radius 2 is 0.779 bits per heavy atom. The topological polar surface area (TPSA) is 214 Å². The fourth-order valence-corrected chi connectivity index (χ4v) is 7.58. The van der Waals surface area contributed by atoms with Crippen LogP contribution in [-0.2, 0) is 33.2 Å². The van der Waals surface area contributed by atoms with Crippen molar-refractivity contribution in [2.75, 3.05) is 33.0 Å². The Kier molecular flexibility index (Phi) is 42.5. The number of carbonyl (C=O) groups excluding carboxylic acids is 1. The fourth-order valence-electron chi connectivity index (χ4n) is 7.58. The van der Waals surface area contributed by atoms with Crippen molar-refractivity contribution >= 4 is 5.97 Å². The quantitative estimate of drug-likeness (QED) is 0.0172. The van der Waals surface area contributed by atoms with E-state index < -0.39 is 86.7 Å². The van der Waals surface area contributed by atoms with Gasteiger partial charge in [-0.2, -0.15) is 0 Å². The van der Waals surface area contributed by atoms with E-state index in [0.29, 0.717) is 19.4 Å². The molecular formula is C63H96O14. The van der Waals surface area contributed by atoms with Gasteiger partial charge in [-0.05, 0) is 109 Å². The van der Waals surface area contributed by atoms with Crippen molar-refractivity contribution in [1.29, 1.82) is 0 Å². The molecule has 0 radical (unpaired) electrons. The van der Waals surface area contributed by atoms with Gasteiger partial charge in [-0.3, -0.25) is 4.79 Å². The third-order valence-electron chi connectivity index (χ3n) is 12.0. The molecule has 14 heteroatoms. The first-order valence-electron chi connectivity index (χ1n) is 28.1. The summed E-state index contributed by atoms with van der Waals surface area (Å²) in [4.78, 5) is 13.0. The Hall–Kier alpha value is -4.39. The normalized spacial score (nSPS) is 25.5. The number of rotatable bonds is 42. The molecule has 14 nitrogen and oxygen atoms in total. The predicted octanol–water partition coefficient (Wildman–Crippen LogP) is 9.85. The molecule has 0 bridgehead atoms. The number of aliphatic hydroxyl groups is 7. The molecule has 77 heavy (non-hydrogen) atoms. The molecule has 0 spiro atoms. The van der Waals surface area contributed by atoms with E-state index in [-0.39, 0.29) is 19.6 Å². The van der Waals surface area contributed by atoms with Gasteiger partial charge in [0.2, 0.25) is 0 Å². The Bertz CT molecular complexity index is 1870. The molecule has 0 amide bonds. The zero-order valence-electron chi connectivity index (χ0n) is 46.1. The van der Waals surface area contributed by atoms with Crippen molar-refractivity contribution in [3.63, 3.8) is 0 Å². The maximum absolute atomic E-state index is 13.0. The molecule has 2 heterocycles. The summed E-state index contributed by atoms with van der Waals surface area (Å²) in [6.07, 6.45) is 54.6. The second-order valence-electron chi connectivity index (χ2n) is 18.6. The minimum Gasteiger partial charge on any atom is -0.457 e. The number of hydrogen-bond acceptors (Lipinski definition) is 14. The van der Waals surface area contributed by atoms with E-state index in [0.717, 1.165) is 96.3 Å². The van der Waals surface area contributed by atoms with Gasteiger partial charge in [0.05, 0.1) is 26.4 Å². The molecule has 0 aromatic rings. The zero-order chi connectivity index (χ0) is 55.8. The SMILES string of the molecule is CC/C=C\C/C=C\C/C=C\C/C=C\C/C=C\C/C=C\C/C=C\CCCC(=O)OC(COCCC/C=C\C/C=C\C/C=C\C/C=C\C/C=C\C/C=C\CC)COC1OC(COC2OC(CO)C(O)C(O)C2O)C(O)C(O)C1O. The Labute approximate surface area is 461 Å². The van der Waals surface area contributed by atoms with Crippen LogP contribution in [0.25, 0.3) is 0 Å². The first kappa shape index (κ1) is 68.7. The average molecular weight is 1080 g/mol. The van der Waals surface area contributed by atoms with Gasteiger partial charge in [-0.15, -0.1) is 0 Å². The molecule has 2 aliphatic rings. The van der Waals surface area contributed by atoms with Gasteiger partial charge in [0.25, 0.3) is 0 Å². The number of allylic oxidation sites excluding steroid dienone is 26. The van der Waals surface area contributed by atoms with Crippen molar-refractivity contribution in [3.8, 4) is 0 Å². The van der Waals surface area contributed by atoms with Crippen molar-refractivity contribution in [2.24, 2.45) is 0 Å². The van der Waals surface area contributed by atoms with Crippen LogP contribution in [0.5, 0.6) is 0 Å². The number of aliphatic hydroxyl groups excluding tert-OH is 7. The largest absolute Gasteiger partial charge is 0.457 e. The molecule has 11 atom stereocenters. The summed E-state index contributed by atoms with van der Waals surface area (Å²) in [5.41, 5.74) is 0. The Morgan fingerprint density at radius 1 is 0.429 bits per heavy atom. The number of carbonyl (C=O) groups is 1. The van der Waals surface area contributed by atoms with Crippen LogP contribution in [0, 0.1) is 0 Å². The lowest BCUT2D eigenvalue weighted by Crippen LogP contribution is -2.61. The highest BCUT2D eigenvalue weighted by Crippen LogP contribution is 2.26. The molecule has 0 aromatic carbocycles. The summed E-state index contributed by atoms with van der Waals surface area (Å²) >= 11 is 0. The van der Waals surface area contributed by atoms with Gasteiger partial charge in [-0.25, -0.2) is 0 Å². The van der Waals surface area contributed by atoms with Crippen LogP contribution in [0.2, 0.25) is 0 Å². The summed E-state index contributed by atoms with van der Waals surface area (Å²) in [7, 11) is 0. The van der Waals surface area contributed by atoms with Crippen molar-refractivity contribution in [1.82, 2.24) is 0 Å². The molecule has 0 saturated carbocycles. The average Bonchev–Trinajstić information content (AvgIpc) is 3.43. The fraction of sp³-hybridized carbons (Fsp3) is 0.571. The lowest BCUT2D eigenvalue weighted by molar-refractivity contribution is -0.332. The highest BCUT2D eigenvalue weighted by molar-refractivity contribution is 5.69. The standard InChI is InChI=1S/C63H96O14/c1-3-5-7-9-11-13-15-17-19-21-23-25-26-27-28-30-32-34-36-38-40-42-44-46-55(65)75-52(49-72-47-45-43-41-39-37-35-33-31-29-24-22-20-18-16-14-12-10-8-6-4-2)50-73-62-61(71)59(69)57(67)54(77-62)51-74-63-60(70)58(68)56(66)53(48-64)76-63/h5-8,11-14,17-20,23-25,27-29,32-35,38-41,52-54,56-64,66-71H,3-4,9-10,15-16,21-22,26,30-31,36-37,42-51H2,1-2H3/b7-5-,8-6-,13-11-,14-12-,19-17-,20-18-,25-23-,28-27-,29-24-,34-32-,35-33-,40-38-,41-39-. The van der Waals surface area contributed by atoms with E-state index in [1.165, 1.54) is 0 Å². The van der Waals surface area contributed by atoms with E-state index >= 15 is 0 Å². The number of ether oxygens (including phenoxy) is 6. The molecule has 2 saturated heterocycles. The van der Waals surface area contributed by atoms with Crippen LogP contribution in [-0.4, -0.2) is 142 Å². The lowest BCUT2D eigenvalue weighted by Gasteiger charge is -2.42. The zero-order valence-corrected chi connectivity index (χ0v) is 46.1. The monoisotopic (exact) mass is 1080 g/mol. The minimum atomic E-state index is -1.74. The molecule has 7 N–H and O–H groups in total. The second kappa shape index (κ2) is 47.6. The van der Waals surface area contributed by atoms with E-state index in [2.05, 4.69) is 166 Å². The maximum atomic E-state index is 13.0. The van der Waals surface area contributed by atoms with Gasteiger partial charge < -0.3 is 64.2 Å². The number of esters is 1. The maximum Gasteiger partial charge on any atom is 0.306 e. The van der Waals surface area contributed by atoms with Crippen LogP contribution in [0.1, 0.15) is 129 Å². The first-order valence-corrected chi connectivity index (χ1v) is 28.1. The van der Waals surface area contributed by atoms with E-state index in [1.54, 1.807) is 0 Å². The van der Waals surface area contributed by atoms with Crippen LogP contribution in [0.15, 0.2) is 158 Å². The molecule has 2 rings (SSSR count). The second-order valence-corrected chi connectivity index (χ2v) is 18.6. The first-order chi connectivity index (χ1) is 37.6. The summed E-state index contributed by atoms with van der Waals surface area (Å²) in [6, 6.07) is 0. The van der Waals surface area contributed by atoms with Crippen molar-refractivity contribution in [3.05, 3.63) is 158 Å². The predicted molar refractivity (Wildman–Crippen MR) is 306 cm³/mol. The third-order valence-corrected chi connectivity index (χ3v) is 12.0. The summed E-state index contributed by atoms with van der Waals surface area (Å²) < 4.78 is 34.2. The molecular weight excluding hydrogens is 981 g/mol. The van der Waals surface area contributed by atoms with Crippen molar-refractivity contribution < 1.29 is 69.0 Å². The highest BCUT2D eigenvalue weighted by atomic mass is 16.7. The number of unbranched alkanes of at least 4 members (excludes halogenated alkanes) is 2. The van der Waals surface area contributed by atoms with Crippen LogP contribution in [0.4, 0.5) is 0 Å². The molecule has 432 valence electrons. The van der Waals surface area contributed by atoms with Gasteiger partial charge in [0.15, 0.2) is 12.6 Å². The van der Waals surface area contributed by atoms with Crippen LogP contribution >= 0.6 is 0 Å². The highest BCUT2D eigenvalue weighted by Gasteiger charge is 2.47. The molecule has 0 aliphatic carbocycles. The smallest absolute Gasteiger partial charge is 0.306 e. The number of hydrogen-bond donors (Lipinski definition) is 7. The lowest BCUT2D eigenvalue weighted by atomic mass is 9.98. The van der Waals surface area contributed by atoms with E-state index in [9.17, 15) is 40.5 Å². The molecule has 0 aromatic heterocycles. The van der Waals surface area contributed by atoms with E-state index in [1.807, 2.05) is 6.08 Å². The van der Waals surface area contributed by atoms with Gasteiger partial charge >= 0.3 is 5.97 Å².